The van der Waals surface area contributed by atoms with Crippen molar-refractivity contribution in [3.8, 4) is 0 Å². The van der Waals surface area contributed by atoms with Gasteiger partial charge in [0.25, 0.3) is 10.0 Å². The van der Waals surface area contributed by atoms with E-state index in [4.69, 9.17) is 0 Å². The van der Waals surface area contributed by atoms with Crippen molar-refractivity contribution in [1.29, 1.82) is 0 Å². The fourth-order valence-corrected chi connectivity index (χ4v) is 8.86. The van der Waals surface area contributed by atoms with Crippen LogP contribution in [0.15, 0.2) is 68.2 Å². The number of nitrogens with zero attached hydrogens (tertiary/aromatic N) is 1. The van der Waals surface area contributed by atoms with Gasteiger partial charge in [-0.2, -0.15) is 8.42 Å². The van der Waals surface area contributed by atoms with Crippen LogP contribution in [-0.2, 0) is 19.8 Å². The molecular weight excluding hydrogens is 450 g/mol. The highest BCUT2D eigenvalue weighted by atomic mass is 32.3. The summed E-state index contributed by atoms with van der Waals surface area (Å²) in [6, 6.07) is 12.7. The molecule has 182 valence electrons. The molecular formula is C27H39NO3S2. The van der Waals surface area contributed by atoms with Crippen LogP contribution in [0, 0.1) is 5.92 Å². The lowest BCUT2D eigenvalue weighted by molar-refractivity contribution is 0.592. The Balaban J connectivity index is 2.91. The first-order valence-electron chi connectivity index (χ1n) is 11.7. The lowest BCUT2D eigenvalue weighted by atomic mass is 9.89. The van der Waals surface area contributed by atoms with E-state index in [1.807, 2.05) is 71.9 Å². The normalized spacial score (nSPS) is 15.4. The predicted octanol–water partition coefficient (Wildman–Crippen LogP) is 7.48. The second kappa shape index (κ2) is 11.0. The van der Waals surface area contributed by atoms with Crippen LogP contribution in [0.3, 0.4) is 0 Å². The minimum absolute atomic E-state index is 0.0177. The summed E-state index contributed by atoms with van der Waals surface area (Å²) in [7, 11) is -7.42. The highest BCUT2D eigenvalue weighted by molar-refractivity contribution is 8.03. The van der Waals surface area contributed by atoms with Gasteiger partial charge in [-0.1, -0.05) is 91.0 Å². The van der Waals surface area contributed by atoms with E-state index in [0.29, 0.717) is 4.90 Å². The number of allylic oxidation sites excluding steroid dienone is 2. The zero-order chi connectivity index (χ0) is 25.0. The lowest BCUT2D eigenvalue weighted by Crippen LogP contribution is -2.17. The van der Waals surface area contributed by atoms with E-state index in [9.17, 15) is 12.6 Å². The van der Waals surface area contributed by atoms with Crippen molar-refractivity contribution in [1.82, 2.24) is 0 Å². The number of hydrogen-bond donors (Lipinski definition) is 0. The Labute approximate surface area is 201 Å². The SMILES string of the molecule is C/C=C/[C@@H](C)CS(=O)(=NS(=O)(=O)c1c(C(C)C)cc(C(C)C)cc1C(C)C)c1ccccc1. The average Bonchev–Trinajstić information content (AvgIpc) is 2.72. The van der Waals surface area contributed by atoms with Crippen LogP contribution in [0.25, 0.3) is 0 Å². The van der Waals surface area contributed by atoms with E-state index >= 15 is 0 Å². The van der Waals surface area contributed by atoms with Crippen molar-refractivity contribution >= 4 is 19.8 Å². The van der Waals surface area contributed by atoms with Gasteiger partial charge in [0.05, 0.1) is 14.6 Å². The molecule has 0 bridgehead atoms. The van der Waals surface area contributed by atoms with Crippen LogP contribution in [0.5, 0.6) is 0 Å². The van der Waals surface area contributed by atoms with Crippen molar-refractivity contribution in [2.45, 2.75) is 82.9 Å². The van der Waals surface area contributed by atoms with Crippen molar-refractivity contribution in [3.63, 3.8) is 0 Å². The zero-order valence-electron chi connectivity index (χ0n) is 21.2. The molecule has 0 amide bonds. The summed E-state index contributed by atoms with van der Waals surface area (Å²) >= 11 is 0. The number of hydrogen-bond acceptors (Lipinski definition) is 3. The lowest BCUT2D eigenvalue weighted by Gasteiger charge is -2.22. The predicted molar refractivity (Wildman–Crippen MR) is 140 cm³/mol. The fourth-order valence-electron chi connectivity index (χ4n) is 3.93. The Morgan fingerprint density at radius 3 is 1.76 bits per heavy atom. The van der Waals surface area contributed by atoms with Gasteiger partial charge in [-0.25, -0.2) is 4.21 Å². The van der Waals surface area contributed by atoms with Gasteiger partial charge in [-0.3, -0.25) is 0 Å². The summed E-state index contributed by atoms with van der Waals surface area (Å²) in [6.45, 7) is 16.0. The molecule has 0 spiro atoms. The number of benzene rings is 2. The maximum atomic E-state index is 14.2. The Kier molecular flexibility index (Phi) is 9.11. The van der Waals surface area contributed by atoms with Gasteiger partial charge in [-0.05, 0) is 59.4 Å². The van der Waals surface area contributed by atoms with E-state index in [0.717, 1.165) is 16.7 Å². The van der Waals surface area contributed by atoms with E-state index < -0.39 is 19.8 Å². The van der Waals surface area contributed by atoms with Crippen LogP contribution in [-0.4, -0.2) is 18.4 Å². The third-order valence-electron chi connectivity index (χ3n) is 5.68. The van der Waals surface area contributed by atoms with Gasteiger partial charge in [0.1, 0.15) is 0 Å². The average molecular weight is 490 g/mol. The Morgan fingerprint density at radius 2 is 1.33 bits per heavy atom. The Bertz CT molecular complexity index is 1170. The molecule has 33 heavy (non-hydrogen) atoms. The molecule has 2 rings (SSSR count). The molecule has 0 aliphatic carbocycles. The van der Waals surface area contributed by atoms with Gasteiger partial charge < -0.3 is 0 Å². The quantitative estimate of drug-likeness (QED) is 0.343. The second-order valence-electron chi connectivity index (χ2n) is 9.67. The van der Waals surface area contributed by atoms with Gasteiger partial charge in [0, 0.05) is 10.6 Å². The molecule has 2 atom stereocenters. The number of sulfonamides is 1. The first-order chi connectivity index (χ1) is 15.3. The van der Waals surface area contributed by atoms with Gasteiger partial charge in [0.2, 0.25) is 0 Å². The molecule has 0 aliphatic rings. The maximum Gasteiger partial charge on any atom is 0.290 e. The third kappa shape index (κ3) is 6.57. The monoisotopic (exact) mass is 489 g/mol. The second-order valence-corrected chi connectivity index (χ2v) is 13.7. The van der Waals surface area contributed by atoms with E-state index in [1.54, 1.807) is 24.3 Å². The van der Waals surface area contributed by atoms with Crippen LogP contribution < -0.4 is 0 Å². The summed E-state index contributed by atoms with van der Waals surface area (Å²) < 4.78 is 46.3. The molecule has 0 fully saturated rings. The van der Waals surface area contributed by atoms with Crippen LogP contribution in [0.4, 0.5) is 0 Å². The zero-order valence-corrected chi connectivity index (χ0v) is 22.8. The molecule has 4 nitrogen and oxygen atoms in total. The molecule has 0 saturated carbocycles. The largest absolute Gasteiger partial charge is 0.290 e. The highest BCUT2D eigenvalue weighted by Crippen LogP contribution is 2.37. The van der Waals surface area contributed by atoms with Gasteiger partial charge in [-0.15, -0.1) is 3.77 Å². The van der Waals surface area contributed by atoms with Crippen molar-refractivity contribution in [2.75, 3.05) is 5.75 Å². The van der Waals surface area contributed by atoms with Crippen LogP contribution in [0.1, 0.15) is 89.8 Å². The van der Waals surface area contributed by atoms with E-state index in [-0.39, 0.29) is 34.3 Å². The molecule has 0 aromatic heterocycles. The smallest absolute Gasteiger partial charge is 0.244 e. The molecule has 0 radical (unpaired) electrons. The molecule has 6 heteroatoms. The van der Waals surface area contributed by atoms with Gasteiger partial charge >= 0.3 is 0 Å². The third-order valence-corrected chi connectivity index (χ3v) is 10.4. The molecule has 0 aliphatic heterocycles. The molecule has 1 unspecified atom stereocenters. The Morgan fingerprint density at radius 1 is 0.818 bits per heavy atom. The van der Waals surface area contributed by atoms with Crippen molar-refractivity contribution in [3.05, 3.63) is 71.3 Å². The van der Waals surface area contributed by atoms with Gasteiger partial charge in [0.15, 0.2) is 0 Å². The summed E-state index contributed by atoms with van der Waals surface area (Å²) in [5.41, 5.74) is 2.58. The summed E-state index contributed by atoms with van der Waals surface area (Å²) in [5, 5.41) is 0. The minimum Gasteiger partial charge on any atom is -0.244 e. The molecule has 0 N–H and O–H groups in total. The van der Waals surface area contributed by atoms with E-state index in [2.05, 4.69) is 17.6 Å². The van der Waals surface area contributed by atoms with Crippen LogP contribution in [0.2, 0.25) is 0 Å². The molecule has 2 aromatic rings. The fraction of sp³-hybridized carbons (Fsp3) is 0.481. The van der Waals surface area contributed by atoms with Crippen LogP contribution >= 0.6 is 0 Å². The maximum absolute atomic E-state index is 14.2. The standard InChI is InChI=1S/C27H39NO3S2/c1-9-13-22(8)18-32(29,24-14-11-10-12-15-24)28-33(30,31)27-25(20(4)5)16-23(19(2)3)17-26(27)21(6)7/h9-17,19-22H,18H2,1-8H3/b13-9+/t22-,32?/m1/s1. The number of rotatable bonds is 9. The molecule has 2 aromatic carbocycles. The summed E-state index contributed by atoms with van der Waals surface area (Å²) in [6.07, 6.45) is 3.82. The van der Waals surface area contributed by atoms with E-state index in [1.165, 1.54) is 0 Å². The topological polar surface area (TPSA) is 63.6 Å². The highest BCUT2D eigenvalue weighted by Gasteiger charge is 2.29. The first-order valence-corrected chi connectivity index (χ1v) is 14.8. The summed E-state index contributed by atoms with van der Waals surface area (Å²) in [4.78, 5) is 0.667. The summed E-state index contributed by atoms with van der Waals surface area (Å²) in [5.74, 6) is 0.286. The Hall–Kier alpha value is -1.92. The molecule has 0 saturated heterocycles. The first kappa shape index (κ1) is 27.3. The van der Waals surface area contributed by atoms with Crippen molar-refractivity contribution in [2.24, 2.45) is 9.69 Å². The molecule has 0 heterocycles. The van der Waals surface area contributed by atoms with Crippen molar-refractivity contribution < 1.29 is 12.6 Å². The minimum atomic E-state index is -4.20.